The maximum atomic E-state index is 11.8. The highest BCUT2D eigenvalue weighted by Gasteiger charge is 2.13. The van der Waals surface area contributed by atoms with Crippen LogP contribution in [0.15, 0.2) is 27.8 Å². The van der Waals surface area contributed by atoms with Gasteiger partial charge >= 0.3 is 5.69 Å². The molecule has 1 aromatic carbocycles. The van der Waals surface area contributed by atoms with Crippen molar-refractivity contribution >= 4 is 11.2 Å². The van der Waals surface area contributed by atoms with Gasteiger partial charge in [-0.25, -0.2) is 9.78 Å². The molecule has 0 atom stereocenters. The SMILES string of the molecule is CCc1cccc(-c2nc3[nH]c(=O)[nH]c(=O)c3[nH]2)c1CC. The van der Waals surface area contributed by atoms with Gasteiger partial charge in [0.05, 0.1) is 0 Å². The molecule has 0 saturated carbocycles. The van der Waals surface area contributed by atoms with Crippen molar-refractivity contribution in [3.05, 3.63) is 50.2 Å². The zero-order chi connectivity index (χ0) is 15.0. The molecule has 2 aromatic heterocycles. The molecule has 2 heterocycles. The molecule has 0 saturated heterocycles. The molecule has 108 valence electrons. The first-order valence-corrected chi connectivity index (χ1v) is 6.97. The Balaban J connectivity index is 2.28. The van der Waals surface area contributed by atoms with Crippen LogP contribution in [0.3, 0.4) is 0 Å². The van der Waals surface area contributed by atoms with Gasteiger partial charge in [-0.3, -0.25) is 14.8 Å². The molecule has 0 aliphatic heterocycles. The number of nitrogens with zero attached hydrogens (tertiary/aromatic N) is 1. The molecule has 0 bridgehead atoms. The first kappa shape index (κ1) is 13.4. The lowest BCUT2D eigenvalue weighted by molar-refractivity contribution is 1.03. The quantitative estimate of drug-likeness (QED) is 0.683. The van der Waals surface area contributed by atoms with Crippen molar-refractivity contribution in [2.24, 2.45) is 0 Å². The first-order chi connectivity index (χ1) is 10.1. The third-order valence-electron chi connectivity index (χ3n) is 3.65. The number of imidazole rings is 1. The summed E-state index contributed by atoms with van der Waals surface area (Å²) in [4.78, 5) is 35.2. The van der Waals surface area contributed by atoms with Crippen LogP contribution >= 0.6 is 0 Å². The number of aromatic nitrogens is 4. The summed E-state index contributed by atoms with van der Waals surface area (Å²) in [5.41, 5.74) is 2.99. The molecule has 6 nitrogen and oxygen atoms in total. The van der Waals surface area contributed by atoms with Crippen molar-refractivity contribution in [1.29, 1.82) is 0 Å². The minimum Gasteiger partial charge on any atom is -0.332 e. The van der Waals surface area contributed by atoms with Crippen LogP contribution in [0, 0.1) is 0 Å². The zero-order valence-corrected chi connectivity index (χ0v) is 11.9. The first-order valence-electron chi connectivity index (χ1n) is 6.97. The summed E-state index contributed by atoms with van der Waals surface area (Å²) in [7, 11) is 0. The number of aromatic amines is 3. The number of hydrogen-bond acceptors (Lipinski definition) is 3. The van der Waals surface area contributed by atoms with Gasteiger partial charge in [0.15, 0.2) is 5.65 Å². The normalized spacial score (nSPS) is 11.1. The number of benzene rings is 1. The zero-order valence-electron chi connectivity index (χ0n) is 11.9. The van der Waals surface area contributed by atoms with Crippen molar-refractivity contribution in [2.75, 3.05) is 0 Å². The molecular formula is C15H16N4O2. The van der Waals surface area contributed by atoms with Crippen LogP contribution in [0.25, 0.3) is 22.6 Å². The summed E-state index contributed by atoms with van der Waals surface area (Å²) in [5.74, 6) is 0.601. The van der Waals surface area contributed by atoms with E-state index in [4.69, 9.17) is 0 Å². The number of aryl methyl sites for hydroxylation is 1. The molecule has 0 aliphatic rings. The third kappa shape index (κ3) is 2.18. The Bertz CT molecular complexity index is 917. The summed E-state index contributed by atoms with van der Waals surface area (Å²) in [6, 6.07) is 6.05. The van der Waals surface area contributed by atoms with Crippen molar-refractivity contribution in [2.45, 2.75) is 26.7 Å². The smallest absolute Gasteiger partial charge is 0.327 e. The molecule has 3 rings (SSSR count). The van der Waals surface area contributed by atoms with Crippen molar-refractivity contribution in [1.82, 2.24) is 19.9 Å². The van der Waals surface area contributed by atoms with Crippen LogP contribution < -0.4 is 11.2 Å². The summed E-state index contributed by atoms with van der Waals surface area (Å²) in [6.45, 7) is 4.20. The van der Waals surface area contributed by atoms with Crippen LogP contribution in [0.1, 0.15) is 25.0 Å². The molecule has 0 fully saturated rings. The molecule has 0 radical (unpaired) electrons. The number of H-pyrrole nitrogens is 3. The Kier molecular flexibility index (Phi) is 3.21. The Morgan fingerprint density at radius 1 is 1.05 bits per heavy atom. The van der Waals surface area contributed by atoms with Crippen molar-refractivity contribution < 1.29 is 0 Å². The molecule has 3 aromatic rings. The second-order valence-corrected chi connectivity index (χ2v) is 4.87. The van der Waals surface area contributed by atoms with E-state index in [0.717, 1.165) is 18.4 Å². The van der Waals surface area contributed by atoms with Gasteiger partial charge in [0.25, 0.3) is 5.56 Å². The van der Waals surface area contributed by atoms with E-state index in [0.29, 0.717) is 5.82 Å². The minimum absolute atomic E-state index is 0.280. The van der Waals surface area contributed by atoms with Gasteiger partial charge in [0.1, 0.15) is 11.3 Å². The maximum absolute atomic E-state index is 11.8. The van der Waals surface area contributed by atoms with Crippen molar-refractivity contribution in [3.63, 3.8) is 0 Å². The molecule has 0 spiro atoms. The van der Waals surface area contributed by atoms with E-state index in [2.05, 4.69) is 39.8 Å². The number of nitrogens with one attached hydrogen (secondary N) is 3. The molecule has 0 amide bonds. The van der Waals surface area contributed by atoms with Crippen molar-refractivity contribution in [3.8, 4) is 11.4 Å². The fourth-order valence-electron chi connectivity index (χ4n) is 2.67. The predicted octanol–water partition coefficient (Wildman–Crippen LogP) is 1.73. The molecule has 6 heteroatoms. The largest absolute Gasteiger partial charge is 0.332 e. The van der Waals surface area contributed by atoms with E-state index in [9.17, 15) is 9.59 Å². The topological polar surface area (TPSA) is 94.4 Å². The monoisotopic (exact) mass is 284 g/mol. The van der Waals surface area contributed by atoms with E-state index in [1.165, 1.54) is 11.1 Å². The van der Waals surface area contributed by atoms with E-state index >= 15 is 0 Å². The summed E-state index contributed by atoms with van der Waals surface area (Å²) < 4.78 is 0. The van der Waals surface area contributed by atoms with Crippen LogP contribution in [-0.4, -0.2) is 19.9 Å². The molecule has 0 aliphatic carbocycles. The lowest BCUT2D eigenvalue weighted by Crippen LogP contribution is -2.21. The Labute approximate surface area is 120 Å². The standard InChI is InChI=1S/C15H16N4O2/c1-3-8-6-5-7-10(9(8)4-2)12-16-11-13(17-12)18-15(21)19-14(11)20/h5-7H,3-4H2,1-2H3,(H3,16,17,18,19,20,21). The van der Waals surface area contributed by atoms with Gasteiger partial charge < -0.3 is 4.98 Å². The fraction of sp³-hybridized carbons (Fsp3) is 0.267. The summed E-state index contributed by atoms with van der Waals surface area (Å²) in [6.07, 6.45) is 1.82. The van der Waals surface area contributed by atoms with Crippen LogP contribution in [0.4, 0.5) is 0 Å². The van der Waals surface area contributed by atoms with Crippen LogP contribution in [0.5, 0.6) is 0 Å². The highest BCUT2D eigenvalue weighted by molar-refractivity contribution is 5.76. The van der Waals surface area contributed by atoms with E-state index in [1.807, 2.05) is 12.1 Å². The molecule has 21 heavy (non-hydrogen) atoms. The van der Waals surface area contributed by atoms with E-state index in [-0.39, 0.29) is 11.2 Å². The lowest BCUT2D eigenvalue weighted by atomic mass is 9.97. The summed E-state index contributed by atoms with van der Waals surface area (Å²) in [5, 5.41) is 0. The predicted molar refractivity (Wildman–Crippen MR) is 81.5 cm³/mol. The highest BCUT2D eigenvalue weighted by Crippen LogP contribution is 2.25. The average Bonchev–Trinajstić information content (AvgIpc) is 2.90. The molecule has 0 unspecified atom stereocenters. The summed E-state index contributed by atoms with van der Waals surface area (Å²) >= 11 is 0. The molecular weight excluding hydrogens is 268 g/mol. The Morgan fingerprint density at radius 2 is 1.86 bits per heavy atom. The minimum atomic E-state index is -0.552. The van der Waals surface area contributed by atoms with Gasteiger partial charge in [0.2, 0.25) is 0 Å². The van der Waals surface area contributed by atoms with E-state index in [1.54, 1.807) is 0 Å². The second-order valence-electron chi connectivity index (χ2n) is 4.87. The van der Waals surface area contributed by atoms with E-state index < -0.39 is 11.2 Å². The Morgan fingerprint density at radius 3 is 2.57 bits per heavy atom. The van der Waals surface area contributed by atoms with Gasteiger partial charge in [-0.05, 0) is 24.0 Å². The molecule has 3 N–H and O–H groups in total. The average molecular weight is 284 g/mol. The Hall–Kier alpha value is -2.63. The van der Waals surface area contributed by atoms with Gasteiger partial charge in [-0.15, -0.1) is 0 Å². The van der Waals surface area contributed by atoms with Crippen LogP contribution in [-0.2, 0) is 12.8 Å². The number of hydrogen-bond donors (Lipinski definition) is 3. The maximum Gasteiger partial charge on any atom is 0.327 e. The fourth-order valence-corrected chi connectivity index (χ4v) is 2.67. The highest BCUT2D eigenvalue weighted by atomic mass is 16.2. The lowest BCUT2D eigenvalue weighted by Gasteiger charge is -2.10. The van der Waals surface area contributed by atoms with Gasteiger partial charge in [0, 0.05) is 5.56 Å². The third-order valence-corrected chi connectivity index (χ3v) is 3.65. The number of fused-ring (bicyclic) bond motifs is 1. The van der Waals surface area contributed by atoms with Crippen LogP contribution in [0.2, 0.25) is 0 Å². The van der Waals surface area contributed by atoms with Gasteiger partial charge in [-0.2, -0.15) is 0 Å². The van der Waals surface area contributed by atoms with Gasteiger partial charge in [-0.1, -0.05) is 32.0 Å². The number of rotatable bonds is 3. The second kappa shape index (κ2) is 5.05.